The van der Waals surface area contributed by atoms with Gasteiger partial charge in [0.05, 0.1) is 16.3 Å². The first-order chi connectivity index (χ1) is 6.49. The van der Waals surface area contributed by atoms with Crippen molar-refractivity contribution in [2.75, 3.05) is 11.5 Å². The number of rotatable bonds is 3. The lowest BCUT2D eigenvalue weighted by molar-refractivity contribution is 0.591. The van der Waals surface area contributed by atoms with E-state index in [2.05, 4.69) is 0 Å². The predicted octanol–water partition coefficient (Wildman–Crippen LogP) is 1.59. The first kappa shape index (κ1) is 11.0. The van der Waals surface area contributed by atoms with Crippen LogP contribution in [0.15, 0.2) is 23.1 Å². The highest BCUT2D eigenvalue weighted by atomic mass is 32.2. The molecule has 1 aromatic rings. The Hall–Kier alpha value is -1.10. The van der Waals surface area contributed by atoms with Crippen molar-refractivity contribution in [2.24, 2.45) is 0 Å². The molecule has 0 bridgehead atoms. The molecular weight excluding hydrogens is 205 g/mol. The summed E-state index contributed by atoms with van der Waals surface area (Å²) in [6.07, 6.45) is 0.484. The van der Waals surface area contributed by atoms with Crippen molar-refractivity contribution in [2.45, 2.75) is 18.2 Å². The normalized spacial score (nSPS) is 11.6. The lowest BCUT2D eigenvalue weighted by Crippen LogP contribution is -2.09. The van der Waals surface area contributed by atoms with Gasteiger partial charge >= 0.3 is 0 Å². The summed E-state index contributed by atoms with van der Waals surface area (Å²) in [5, 5.41) is 0. The zero-order valence-corrected chi connectivity index (χ0v) is 8.64. The number of hydrogen-bond donors (Lipinski definition) is 1. The molecule has 0 atom stereocenters. The Kier molecular flexibility index (Phi) is 3.10. The third kappa shape index (κ3) is 2.04. The summed E-state index contributed by atoms with van der Waals surface area (Å²) >= 11 is 0. The van der Waals surface area contributed by atoms with Gasteiger partial charge in [0, 0.05) is 0 Å². The molecule has 0 amide bonds. The molecule has 0 saturated carbocycles. The third-order valence-corrected chi connectivity index (χ3v) is 3.79. The molecule has 14 heavy (non-hydrogen) atoms. The Labute approximate surface area is 82.7 Å². The molecule has 78 valence electrons. The molecule has 0 aliphatic carbocycles. The van der Waals surface area contributed by atoms with Crippen molar-refractivity contribution >= 4 is 15.5 Å². The summed E-state index contributed by atoms with van der Waals surface area (Å²) in [4.78, 5) is -0.112. The number of hydrogen-bond acceptors (Lipinski definition) is 3. The maximum atomic E-state index is 13.0. The van der Waals surface area contributed by atoms with E-state index in [0.717, 1.165) is 6.07 Å². The second-order valence-electron chi connectivity index (χ2n) is 2.97. The van der Waals surface area contributed by atoms with E-state index < -0.39 is 15.7 Å². The lowest BCUT2D eigenvalue weighted by Gasteiger charge is -2.06. The highest BCUT2D eigenvalue weighted by Gasteiger charge is 2.18. The number of anilines is 1. The first-order valence-electron chi connectivity index (χ1n) is 4.25. The number of halogens is 1. The van der Waals surface area contributed by atoms with Crippen LogP contribution in [0.5, 0.6) is 0 Å². The van der Waals surface area contributed by atoms with Crippen LogP contribution in [0.3, 0.4) is 0 Å². The van der Waals surface area contributed by atoms with Crippen molar-refractivity contribution in [3.05, 3.63) is 24.0 Å². The van der Waals surface area contributed by atoms with Crippen LogP contribution in [-0.2, 0) is 9.84 Å². The van der Waals surface area contributed by atoms with E-state index in [4.69, 9.17) is 5.73 Å². The van der Waals surface area contributed by atoms with E-state index in [9.17, 15) is 12.8 Å². The van der Waals surface area contributed by atoms with Crippen molar-refractivity contribution in [1.82, 2.24) is 0 Å². The van der Waals surface area contributed by atoms with Gasteiger partial charge in [0.15, 0.2) is 9.84 Å². The van der Waals surface area contributed by atoms with Crippen molar-refractivity contribution in [1.29, 1.82) is 0 Å². The number of nitrogens with two attached hydrogens (primary N) is 1. The molecule has 1 rings (SSSR count). The molecule has 0 aliphatic heterocycles. The molecule has 0 radical (unpaired) electrons. The molecule has 0 saturated heterocycles. The van der Waals surface area contributed by atoms with E-state index >= 15 is 0 Å². The average molecular weight is 217 g/mol. The van der Waals surface area contributed by atoms with Gasteiger partial charge in [-0.3, -0.25) is 0 Å². The number of nitrogen functional groups attached to an aromatic ring is 1. The van der Waals surface area contributed by atoms with Gasteiger partial charge in [-0.25, -0.2) is 12.8 Å². The van der Waals surface area contributed by atoms with Crippen molar-refractivity contribution in [3.63, 3.8) is 0 Å². The van der Waals surface area contributed by atoms with Gasteiger partial charge in [0.2, 0.25) is 0 Å². The smallest absolute Gasteiger partial charge is 0.180 e. The van der Waals surface area contributed by atoms with Crippen LogP contribution in [-0.4, -0.2) is 14.2 Å². The van der Waals surface area contributed by atoms with Crippen LogP contribution in [0.1, 0.15) is 13.3 Å². The van der Waals surface area contributed by atoms with Crippen LogP contribution in [0.2, 0.25) is 0 Å². The fraction of sp³-hybridized carbons (Fsp3) is 0.333. The second-order valence-corrected chi connectivity index (χ2v) is 5.05. The first-order valence-corrected chi connectivity index (χ1v) is 5.91. The van der Waals surface area contributed by atoms with Crippen molar-refractivity contribution < 1.29 is 12.8 Å². The SMILES string of the molecule is CCCS(=O)(=O)c1cccc(F)c1N. The minimum absolute atomic E-state index is 0.0132. The lowest BCUT2D eigenvalue weighted by atomic mass is 10.3. The highest BCUT2D eigenvalue weighted by molar-refractivity contribution is 7.91. The zero-order valence-electron chi connectivity index (χ0n) is 7.83. The summed E-state index contributed by atoms with van der Waals surface area (Å²) in [5.74, 6) is -0.706. The molecule has 0 spiro atoms. The minimum atomic E-state index is -3.43. The number of para-hydroxylation sites is 1. The monoisotopic (exact) mass is 217 g/mol. The van der Waals surface area contributed by atoms with Crippen LogP contribution in [0.25, 0.3) is 0 Å². The van der Waals surface area contributed by atoms with Crippen LogP contribution < -0.4 is 5.73 Å². The van der Waals surface area contributed by atoms with Gasteiger partial charge in [-0.1, -0.05) is 13.0 Å². The second kappa shape index (κ2) is 3.96. The molecule has 0 heterocycles. The fourth-order valence-electron chi connectivity index (χ4n) is 1.17. The fourth-order valence-corrected chi connectivity index (χ4v) is 2.64. The maximum absolute atomic E-state index is 13.0. The molecule has 5 heteroatoms. The van der Waals surface area contributed by atoms with Crippen LogP contribution in [0, 0.1) is 5.82 Å². The van der Waals surface area contributed by atoms with E-state index in [1.54, 1.807) is 6.92 Å². The molecular formula is C9H12FNO2S. The number of sulfone groups is 1. The zero-order chi connectivity index (χ0) is 10.8. The quantitative estimate of drug-likeness (QED) is 0.782. The Morgan fingerprint density at radius 2 is 2.07 bits per heavy atom. The molecule has 1 aromatic carbocycles. The van der Waals surface area contributed by atoms with Gasteiger partial charge in [-0.15, -0.1) is 0 Å². The van der Waals surface area contributed by atoms with Gasteiger partial charge < -0.3 is 5.73 Å². The highest BCUT2D eigenvalue weighted by Crippen LogP contribution is 2.22. The van der Waals surface area contributed by atoms with Gasteiger partial charge in [0.1, 0.15) is 5.82 Å². The summed E-state index contributed by atoms with van der Waals surface area (Å²) in [7, 11) is -3.43. The van der Waals surface area contributed by atoms with E-state index in [-0.39, 0.29) is 16.3 Å². The van der Waals surface area contributed by atoms with Gasteiger partial charge in [0.25, 0.3) is 0 Å². The van der Waals surface area contributed by atoms with E-state index in [1.165, 1.54) is 12.1 Å². The van der Waals surface area contributed by atoms with Crippen molar-refractivity contribution in [3.8, 4) is 0 Å². The van der Waals surface area contributed by atoms with E-state index in [0.29, 0.717) is 6.42 Å². The Morgan fingerprint density at radius 3 is 2.64 bits per heavy atom. The maximum Gasteiger partial charge on any atom is 0.180 e. The Balaban J connectivity index is 3.27. The molecule has 0 aromatic heterocycles. The molecule has 0 unspecified atom stereocenters. The van der Waals surface area contributed by atoms with Gasteiger partial charge in [-0.2, -0.15) is 0 Å². The number of benzene rings is 1. The molecule has 3 nitrogen and oxygen atoms in total. The molecule has 0 aliphatic rings. The molecule has 2 N–H and O–H groups in total. The summed E-state index contributed by atoms with van der Waals surface area (Å²) < 4.78 is 36.1. The third-order valence-electron chi connectivity index (χ3n) is 1.82. The average Bonchev–Trinajstić information content (AvgIpc) is 2.09. The van der Waals surface area contributed by atoms with Crippen LogP contribution in [0.4, 0.5) is 10.1 Å². The standard InChI is InChI=1S/C9H12FNO2S/c1-2-6-14(12,13)8-5-3-4-7(10)9(8)11/h3-5H,2,6,11H2,1H3. The largest absolute Gasteiger partial charge is 0.395 e. The topological polar surface area (TPSA) is 60.2 Å². The van der Waals surface area contributed by atoms with Gasteiger partial charge in [-0.05, 0) is 18.6 Å². The van der Waals surface area contributed by atoms with E-state index in [1.807, 2.05) is 0 Å². The predicted molar refractivity (Wildman–Crippen MR) is 53.2 cm³/mol. The summed E-state index contributed by atoms with van der Waals surface area (Å²) in [6.45, 7) is 1.74. The van der Waals surface area contributed by atoms with Crippen LogP contribution >= 0.6 is 0 Å². The summed E-state index contributed by atoms with van der Waals surface area (Å²) in [5.41, 5.74) is 5.05. The minimum Gasteiger partial charge on any atom is -0.395 e. The Bertz CT molecular complexity index is 428. The Morgan fingerprint density at radius 1 is 1.43 bits per heavy atom. The molecule has 0 fully saturated rings. The summed E-state index contributed by atoms with van der Waals surface area (Å²) in [6, 6.07) is 3.80.